The topological polar surface area (TPSA) is 32.8 Å². The number of halogens is 2. The molecule has 1 fully saturated rings. The van der Waals surface area contributed by atoms with Gasteiger partial charge in [-0.1, -0.05) is 0 Å². The van der Waals surface area contributed by atoms with Crippen molar-refractivity contribution in [2.45, 2.75) is 0 Å². The third-order valence-electron chi connectivity index (χ3n) is 4.17. The maximum atomic E-state index is 14.0. The Morgan fingerprint density at radius 1 is 1.00 bits per heavy atom. The quantitative estimate of drug-likeness (QED) is 0.866. The molecule has 4 nitrogen and oxygen atoms in total. The second-order valence-electron chi connectivity index (χ2n) is 5.60. The zero-order valence-corrected chi connectivity index (χ0v) is 13.3. The number of benzene rings is 2. The van der Waals surface area contributed by atoms with Gasteiger partial charge in [0.25, 0.3) is 5.91 Å². The molecule has 0 unspecified atom stereocenters. The van der Waals surface area contributed by atoms with Crippen molar-refractivity contribution in [1.82, 2.24) is 4.90 Å². The van der Waals surface area contributed by atoms with E-state index < -0.39 is 5.82 Å². The van der Waals surface area contributed by atoms with Crippen LogP contribution in [-0.4, -0.2) is 44.1 Å². The molecule has 6 heteroatoms. The van der Waals surface area contributed by atoms with Crippen LogP contribution in [0.5, 0.6) is 5.75 Å². The number of hydrogen-bond donors (Lipinski definition) is 0. The zero-order valence-electron chi connectivity index (χ0n) is 13.3. The Morgan fingerprint density at radius 3 is 2.25 bits per heavy atom. The third kappa shape index (κ3) is 3.32. The van der Waals surface area contributed by atoms with Crippen LogP contribution >= 0.6 is 0 Å². The molecule has 0 atom stereocenters. The van der Waals surface area contributed by atoms with Crippen molar-refractivity contribution in [1.29, 1.82) is 0 Å². The van der Waals surface area contributed by atoms with Crippen molar-refractivity contribution >= 4 is 11.6 Å². The van der Waals surface area contributed by atoms with E-state index in [1.54, 1.807) is 23.1 Å². The molecule has 24 heavy (non-hydrogen) atoms. The third-order valence-corrected chi connectivity index (χ3v) is 4.17. The van der Waals surface area contributed by atoms with E-state index in [2.05, 4.69) is 4.90 Å². The van der Waals surface area contributed by atoms with E-state index in [0.717, 1.165) is 5.69 Å². The van der Waals surface area contributed by atoms with Gasteiger partial charge in [0.1, 0.15) is 17.4 Å². The number of nitrogens with zero attached hydrogens (tertiary/aromatic N) is 2. The molecule has 3 rings (SSSR count). The van der Waals surface area contributed by atoms with E-state index in [9.17, 15) is 13.6 Å². The Labute approximate surface area is 139 Å². The van der Waals surface area contributed by atoms with Crippen molar-refractivity contribution in [3.05, 3.63) is 59.7 Å². The predicted octanol–water partition coefficient (Wildman–Crippen LogP) is 2.94. The first kappa shape index (κ1) is 16.2. The van der Waals surface area contributed by atoms with Gasteiger partial charge in [0.05, 0.1) is 12.7 Å². The highest BCUT2D eigenvalue weighted by atomic mass is 19.1. The Balaban J connectivity index is 1.66. The smallest absolute Gasteiger partial charge is 0.256 e. The molecule has 0 aliphatic carbocycles. The van der Waals surface area contributed by atoms with Gasteiger partial charge in [-0.05, 0) is 36.4 Å². The summed E-state index contributed by atoms with van der Waals surface area (Å²) in [6.45, 7) is 2.22. The van der Waals surface area contributed by atoms with Gasteiger partial charge in [-0.25, -0.2) is 8.78 Å². The number of carbonyl (C=O) groups is 1. The van der Waals surface area contributed by atoms with Gasteiger partial charge in [0.2, 0.25) is 0 Å². The largest absolute Gasteiger partial charge is 0.497 e. The molecule has 0 saturated carbocycles. The van der Waals surface area contributed by atoms with E-state index in [4.69, 9.17) is 4.74 Å². The molecule has 1 aliphatic heterocycles. The van der Waals surface area contributed by atoms with Gasteiger partial charge in [-0.3, -0.25) is 4.79 Å². The highest BCUT2D eigenvalue weighted by Crippen LogP contribution is 2.20. The summed E-state index contributed by atoms with van der Waals surface area (Å²) in [6, 6.07) is 10.5. The Kier molecular flexibility index (Phi) is 4.64. The van der Waals surface area contributed by atoms with E-state index >= 15 is 0 Å². The van der Waals surface area contributed by atoms with Crippen LogP contribution in [0.3, 0.4) is 0 Å². The second-order valence-corrected chi connectivity index (χ2v) is 5.60. The Hall–Kier alpha value is -2.63. The van der Waals surface area contributed by atoms with Gasteiger partial charge in [-0.15, -0.1) is 0 Å². The minimum atomic E-state index is -0.583. The van der Waals surface area contributed by atoms with Crippen LogP contribution in [0.4, 0.5) is 14.5 Å². The lowest BCUT2D eigenvalue weighted by atomic mass is 10.1. The van der Waals surface area contributed by atoms with E-state index in [1.807, 2.05) is 0 Å². The molecule has 126 valence electrons. The molecule has 1 aliphatic rings. The van der Waals surface area contributed by atoms with Gasteiger partial charge < -0.3 is 14.5 Å². The summed E-state index contributed by atoms with van der Waals surface area (Å²) in [6.07, 6.45) is 0. The fraction of sp³-hybridized carbons (Fsp3) is 0.278. The summed E-state index contributed by atoms with van der Waals surface area (Å²) in [5, 5.41) is 0. The number of anilines is 1. The van der Waals surface area contributed by atoms with Crippen molar-refractivity contribution in [3.63, 3.8) is 0 Å². The van der Waals surface area contributed by atoms with Crippen molar-refractivity contribution < 1.29 is 18.3 Å². The number of carbonyl (C=O) groups excluding carboxylic acids is 1. The monoisotopic (exact) mass is 332 g/mol. The maximum Gasteiger partial charge on any atom is 0.256 e. The molecular formula is C18H18F2N2O2. The van der Waals surface area contributed by atoms with Crippen LogP contribution in [0.1, 0.15) is 10.4 Å². The van der Waals surface area contributed by atoms with Crippen LogP contribution in [0.25, 0.3) is 0 Å². The van der Waals surface area contributed by atoms with Crippen LogP contribution in [0.15, 0.2) is 42.5 Å². The molecule has 1 amide bonds. The van der Waals surface area contributed by atoms with Gasteiger partial charge in [-0.2, -0.15) is 0 Å². The number of hydrogen-bond acceptors (Lipinski definition) is 3. The van der Waals surface area contributed by atoms with Crippen molar-refractivity contribution in [3.8, 4) is 5.75 Å². The molecule has 0 aromatic heterocycles. The lowest BCUT2D eigenvalue weighted by Gasteiger charge is -2.36. The normalized spacial score (nSPS) is 14.6. The Morgan fingerprint density at radius 2 is 1.67 bits per heavy atom. The first-order valence-electron chi connectivity index (χ1n) is 7.72. The number of amides is 1. The lowest BCUT2D eigenvalue weighted by molar-refractivity contribution is 0.0742. The Bertz CT molecular complexity index is 726. The van der Waals surface area contributed by atoms with Crippen LogP contribution in [0.2, 0.25) is 0 Å². The summed E-state index contributed by atoms with van der Waals surface area (Å²) >= 11 is 0. The highest BCUT2D eigenvalue weighted by Gasteiger charge is 2.24. The minimum Gasteiger partial charge on any atom is -0.497 e. The average molecular weight is 332 g/mol. The molecular weight excluding hydrogens is 314 g/mol. The second kappa shape index (κ2) is 6.86. The maximum absolute atomic E-state index is 14.0. The standard InChI is InChI=1S/C18H18F2N2O2/c1-24-15-6-7-16(17(20)12-15)18(23)22-10-8-21(9-11-22)14-4-2-13(19)3-5-14/h2-7,12H,8-11H2,1H3. The van der Waals surface area contributed by atoms with Crippen molar-refractivity contribution in [2.24, 2.45) is 0 Å². The lowest BCUT2D eigenvalue weighted by Crippen LogP contribution is -2.49. The van der Waals surface area contributed by atoms with Gasteiger partial charge >= 0.3 is 0 Å². The molecule has 0 N–H and O–H groups in total. The average Bonchev–Trinajstić information content (AvgIpc) is 2.62. The molecule has 1 heterocycles. The molecule has 1 saturated heterocycles. The summed E-state index contributed by atoms with van der Waals surface area (Å²) < 4.78 is 32.0. The first-order valence-corrected chi connectivity index (χ1v) is 7.72. The molecule has 0 spiro atoms. The van der Waals surface area contributed by atoms with Gasteiger partial charge in [0.15, 0.2) is 0 Å². The number of rotatable bonds is 3. The number of piperazine rings is 1. The number of methoxy groups -OCH3 is 1. The predicted molar refractivity (Wildman–Crippen MR) is 87.5 cm³/mol. The van der Waals surface area contributed by atoms with E-state index in [1.165, 1.54) is 31.4 Å². The van der Waals surface area contributed by atoms with E-state index in [0.29, 0.717) is 31.9 Å². The van der Waals surface area contributed by atoms with Crippen molar-refractivity contribution in [2.75, 3.05) is 38.2 Å². The first-order chi connectivity index (χ1) is 11.6. The highest BCUT2D eigenvalue weighted by molar-refractivity contribution is 5.94. The number of ether oxygens (including phenoxy) is 1. The fourth-order valence-electron chi connectivity index (χ4n) is 2.79. The van der Waals surface area contributed by atoms with Crippen LogP contribution in [-0.2, 0) is 0 Å². The fourth-order valence-corrected chi connectivity index (χ4v) is 2.79. The summed E-state index contributed by atoms with van der Waals surface area (Å²) in [5.41, 5.74) is 0.963. The molecule has 2 aromatic carbocycles. The summed E-state index contributed by atoms with van der Waals surface area (Å²) in [5.74, 6) is -0.804. The molecule has 0 bridgehead atoms. The van der Waals surface area contributed by atoms with Gasteiger partial charge in [0, 0.05) is 37.9 Å². The SMILES string of the molecule is COc1ccc(C(=O)N2CCN(c3ccc(F)cc3)CC2)c(F)c1. The molecule has 2 aromatic rings. The summed E-state index contributed by atoms with van der Waals surface area (Å²) in [7, 11) is 1.45. The molecule has 0 radical (unpaired) electrons. The van der Waals surface area contributed by atoms with Crippen LogP contribution < -0.4 is 9.64 Å². The van der Waals surface area contributed by atoms with E-state index in [-0.39, 0.29) is 17.3 Å². The van der Waals surface area contributed by atoms with Crippen LogP contribution in [0, 0.1) is 11.6 Å². The summed E-state index contributed by atoms with van der Waals surface area (Å²) in [4.78, 5) is 16.2. The zero-order chi connectivity index (χ0) is 17.1. The minimum absolute atomic E-state index is 0.0473.